The predicted molar refractivity (Wildman–Crippen MR) is 113 cm³/mol. The number of nitrogens with zero attached hydrogens (tertiary/aromatic N) is 1. The van der Waals surface area contributed by atoms with Crippen molar-refractivity contribution < 1.29 is 9.90 Å². The summed E-state index contributed by atoms with van der Waals surface area (Å²) in [4.78, 5) is 16.3. The summed E-state index contributed by atoms with van der Waals surface area (Å²) in [5.41, 5.74) is -0.786. The van der Waals surface area contributed by atoms with Gasteiger partial charge < -0.3 is 21.1 Å². The standard InChI is InChI=1S/C18H30N4O2.HI/c1-6-20-16(21-12-17(2,3)15(23)19-5)22-13-18(4,24)14-10-8-7-9-11-14;/h7-11,24H,6,12-13H2,1-5H3,(H,19,23)(H2,20,21,22);1H. The second-order valence-electron chi connectivity index (χ2n) is 6.65. The maximum atomic E-state index is 11.8. The lowest BCUT2D eigenvalue weighted by Gasteiger charge is -2.26. The molecule has 7 heteroatoms. The molecular formula is C18H31IN4O2. The van der Waals surface area contributed by atoms with E-state index in [1.54, 1.807) is 14.0 Å². The first kappa shape index (κ1) is 23.6. The third kappa shape index (κ3) is 7.60. The number of hydrogen-bond donors (Lipinski definition) is 4. The normalized spacial score (nSPS) is 14.1. The molecule has 1 aromatic rings. The van der Waals surface area contributed by atoms with Crippen molar-refractivity contribution in [2.45, 2.75) is 33.3 Å². The number of rotatable bonds is 7. The fraction of sp³-hybridized carbons (Fsp3) is 0.556. The first-order valence-electron chi connectivity index (χ1n) is 8.25. The highest BCUT2D eigenvalue weighted by atomic mass is 127. The molecule has 0 spiro atoms. The Bertz CT molecular complexity index is 559. The highest BCUT2D eigenvalue weighted by molar-refractivity contribution is 14.0. The molecule has 0 heterocycles. The molecule has 1 atom stereocenters. The van der Waals surface area contributed by atoms with Gasteiger partial charge in [-0.15, -0.1) is 24.0 Å². The Morgan fingerprint density at radius 3 is 2.28 bits per heavy atom. The quantitative estimate of drug-likeness (QED) is 0.283. The van der Waals surface area contributed by atoms with E-state index >= 15 is 0 Å². The Kier molecular flexibility index (Phi) is 10.0. The van der Waals surface area contributed by atoms with Gasteiger partial charge in [-0.1, -0.05) is 30.3 Å². The average molecular weight is 462 g/mol. The van der Waals surface area contributed by atoms with Crippen molar-refractivity contribution >= 4 is 35.8 Å². The van der Waals surface area contributed by atoms with Gasteiger partial charge in [0.05, 0.1) is 18.5 Å². The van der Waals surface area contributed by atoms with Crippen molar-refractivity contribution in [2.75, 3.05) is 26.7 Å². The molecule has 0 aromatic heterocycles. The lowest BCUT2D eigenvalue weighted by molar-refractivity contribution is -0.128. The number of hydrogen-bond acceptors (Lipinski definition) is 3. The van der Waals surface area contributed by atoms with Crippen LogP contribution in [0.5, 0.6) is 0 Å². The maximum absolute atomic E-state index is 11.8. The number of nitrogens with one attached hydrogen (secondary N) is 3. The molecule has 142 valence electrons. The van der Waals surface area contributed by atoms with Gasteiger partial charge in [0.2, 0.25) is 5.91 Å². The third-order valence-electron chi connectivity index (χ3n) is 3.81. The molecule has 0 aliphatic heterocycles. The monoisotopic (exact) mass is 462 g/mol. The zero-order valence-corrected chi connectivity index (χ0v) is 18.0. The van der Waals surface area contributed by atoms with Crippen molar-refractivity contribution in [3.63, 3.8) is 0 Å². The molecule has 0 radical (unpaired) electrons. The van der Waals surface area contributed by atoms with Gasteiger partial charge in [0, 0.05) is 13.6 Å². The van der Waals surface area contributed by atoms with E-state index in [-0.39, 0.29) is 29.9 Å². The van der Waals surface area contributed by atoms with Crippen LogP contribution in [0.1, 0.15) is 33.3 Å². The Labute approximate surface area is 167 Å². The Morgan fingerprint density at radius 1 is 1.16 bits per heavy atom. The second-order valence-corrected chi connectivity index (χ2v) is 6.65. The van der Waals surface area contributed by atoms with Gasteiger partial charge in [-0.25, -0.2) is 0 Å². The number of aliphatic hydroxyl groups is 1. The van der Waals surface area contributed by atoms with E-state index in [9.17, 15) is 9.90 Å². The topological polar surface area (TPSA) is 85.8 Å². The summed E-state index contributed by atoms with van der Waals surface area (Å²) in [7, 11) is 1.62. The number of halogens is 1. The summed E-state index contributed by atoms with van der Waals surface area (Å²) >= 11 is 0. The fourth-order valence-electron chi connectivity index (χ4n) is 2.18. The first-order chi connectivity index (χ1) is 11.2. The van der Waals surface area contributed by atoms with Crippen molar-refractivity contribution in [3.05, 3.63) is 35.9 Å². The lowest BCUT2D eigenvalue weighted by atomic mass is 9.93. The van der Waals surface area contributed by atoms with Gasteiger partial charge in [-0.3, -0.25) is 9.79 Å². The summed E-state index contributed by atoms with van der Waals surface area (Å²) < 4.78 is 0. The molecule has 1 rings (SSSR count). The van der Waals surface area contributed by atoms with Crippen LogP contribution in [-0.4, -0.2) is 43.7 Å². The number of benzene rings is 1. The van der Waals surface area contributed by atoms with Crippen molar-refractivity contribution in [3.8, 4) is 0 Å². The molecule has 0 bridgehead atoms. The smallest absolute Gasteiger partial charge is 0.227 e. The van der Waals surface area contributed by atoms with Crippen LogP contribution in [0.4, 0.5) is 0 Å². The number of guanidine groups is 1. The van der Waals surface area contributed by atoms with Crippen LogP contribution in [0.15, 0.2) is 35.3 Å². The molecular weight excluding hydrogens is 431 g/mol. The van der Waals surface area contributed by atoms with Crippen molar-refractivity contribution in [1.29, 1.82) is 0 Å². The number of carbonyl (C=O) groups is 1. The lowest BCUT2D eigenvalue weighted by Crippen LogP contribution is -2.45. The first-order valence-corrected chi connectivity index (χ1v) is 8.25. The summed E-state index contributed by atoms with van der Waals surface area (Å²) in [6.45, 7) is 8.76. The zero-order chi connectivity index (χ0) is 18.2. The van der Waals surface area contributed by atoms with Crippen LogP contribution in [0.3, 0.4) is 0 Å². The van der Waals surface area contributed by atoms with Crippen molar-refractivity contribution in [2.24, 2.45) is 10.4 Å². The third-order valence-corrected chi connectivity index (χ3v) is 3.81. The zero-order valence-electron chi connectivity index (χ0n) is 15.7. The molecule has 0 fully saturated rings. The Morgan fingerprint density at radius 2 is 1.76 bits per heavy atom. The van der Waals surface area contributed by atoms with E-state index in [2.05, 4.69) is 20.9 Å². The summed E-state index contributed by atoms with van der Waals surface area (Å²) in [6, 6.07) is 9.49. The van der Waals surface area contributed by atoms with E-state index in [0.29, 0.717) is 25.6 Å². The highest BCUT2D eigenvalue weighted by Crippen LogP contribution is 2.19. The van der Waals surface area contributed by atoms with Crippen LogP contribution in [-0.2, 0) is 10.4 Å². The van der Waals surface area contributed by atoms with Gasteiger partial charge >= 0.3 is 0 Å². The molecule has 1 amide bonds. The minimum absolute atomic E-state index is 0. The molecule has 0 aliphatic rings. The van der Waals surface area contributed by atoms with E-state index < -0.39 is 11.0 Å². The fourth-order valence-corrected chi connectivity index (χ4v) is 2.18. The molecule has 6 nitrogen and oxygen atoms in total. The number of aliphatic imine (C=N–C) groups is 1. The number of carbonyl (C=O) groups excluding carboxylic acids is 1. The number of amides is 1. The van der Waals surface area contributed by atoms with Crippen LogP contribution in [0.2, 0.25) is 0 Å². The maximum Gasteiger partial charge on any atom is 0.227 e. The molecule has 4 N–H and O–H groups in total. The molecule has 1 aromatic carbocycles. The van der Waals surface area contributed by atoms with Gasteiger partial charge in [-0.2, -0.15) is 0 Å². The van der Waals surface area contributed by atoms with Crippen LogP contribution in [0, 0.1) is 5.41 Å². The SMILES string of the molecule is CCNC(=NCC(C)(C)C(=O)NC)NCC(C)(O)c1ccccc1.I. The van der Waals surface area contributed by atoms with Gasteiger partial charge in [0.1, 0.15) is 5.60 Å². The largest absolute Gasteiger partial charge is 0.384 e. The van der Waals surface area contributed by atoms with Gasteiger partial charge in [0.15, 0.2) is 5.96 Å². The van der Waals surface area contributed by atoms with Crippen LogP contribution < -0.4 is 16.0 Å². The van der Waals surface area contributed by atoms with Gasteiger partial charge in [0.25, 0.3) is 0 Å². The molecule has 0 saturated carbocycles. The van der Waals surface area contributed by atoms with Crippen LogP contribution in [0.25, 0.3) is 0 Å². The minimum atomic E-state index is -1.02. The van der Waals surface area contributed by atoms with Crippen LogP contribution >= 0.6 is 24.0 Å². The van der Waals surface area contributed by atoms with Crippen molar-refractivity contribution in [1.82, 2.24) is 16.0 Å². The Balaban J connectivity index is 0.00000576. The molecule has 25 heavy (non-hydrogen) atoms. The predicted octanol–water partition coefficient (Wildman–Crippen LogP) is 1.84. The summed E-state index contributed by atoms with van der Waals surface area (Å²) in [5, 5.41) is 19.6. The van der Waals surface area contributed by atoms with E-state index in [1.165, 1.54) is 0 Å². The van der Waals surface area contributed by atoms with E-state index in [0.717, 1.165) is 5.56 Å². The second kappa shape index (κ2) is 10.6. The minimum Gasteiger partial charge on any atom is -0.384 e. The van der Waals surface area contributed by atoms with Gasteiger partial charge in [-0.05, 0) is 33.3 Å². The van der Waals surface area contributed by atoms with E-state index in [1.807, 2.05) is 51.1 Å². The highest BCUT2D eigenvalue weighted by Gasteiger charge is 2.27. The Hall–Kier alpha value is -1.35. The average Bonchev–Trinajstić information content (AvgIpc) is 2.57. The molecule has 1 unspecified atom stereocenters. The molecule has 0 aliphatic carbocycles. The van der Waals surface area contributed by atoms with E-state index in [4.69, 9.17) is 0 Å². The molecule has 0 saturated heterocycles. The summed E-state index contributed by atoms with van der Waals surface area (Å²) in [6.07, 6.45) is 0. The summed E-state index contributed by atoms with van der Waals surface area (Å²) in [5.74, 6) is 0.518.